The fraction of sp³-hybridized carbons (Fsp3) is 0.100. The van der Waals surface area contributed by atoms with Gasteiger partial charge in [-0.3, -0.25) is 0 Å². The number of aromatic carboxylic acids is 1. The van der Waals surface area contributed by atoms with E-state index in [4.69, 9.17) is 5.11 Å². The molecule has 0 aliphatic carbocycles. The second kappa shape index (κ2) is 3.69. The van der Waals surface area contributed by atoms with Gasteiger partial charge >= 0.3 is 12.3 Å². The highest BCUT2D eigenvalue weighted by atomic mass is 19.4. The maximum Gasteiger partial charge on any atom is 0.573 e. The summed E-state index contributed by atoms with van der Waals surface area (Å²) in [6, 6.07) is 4.89. The number of carboxylic acid groups (broad SMARTS) is 1. The van der Waals surface area contributed by atoms with Gasteiger partial charge in [0.1, 0.15) is 11.4 Å². The lowest BCUT2D eigenvalue weighted by Gasteiger charge is -2.08. The molecule has 7 heteroatoms. The predicted molar refractivity (Wildman–Crippen MR) is 51.9 cm³/mol. The molecule has 4 nitrogen and oxygen atoms in total. The molecule has 0 saturated heterocycles. The first-order chi connectivity index (χ1) is 7.85. The molecule has 2 aromatic rings. The Bertz CT molecular complexity index is 574. The zero-order valence-corrected chi connectivity index (χ0v) is 8.21. The quantitative estimate of drug-likeness (QED) is 0.855. The van der Waals surface area contributed by atoms with Gasteiger partial charge in [-0.05, 0) is 18.2 Å². The Kier molecular flexibility index (Phi) is 2.45. The third-order valence-electron chi connectivity index (χ3n) is 2.06. The number of hydrogen-bond donors (Lipinski definition) is 2. The van der Waals surface area contributed by atoms with Gasteiger partial charge in [0.05, 0.1) is 0 Å². The van der Waals surface area contributed by atoms with Crippen molar-refractivity contribution in [3.05, 3.63) is 30.0 Å². The molecule has 90 valence electrons. The van der Waals surface area contributed by atoms with Gasteiger partial charge in [-0.25, -0.2) is 4.79 Å². The van der Waals surface area contributed by atoms with Gasteiger partial charge in [0.25, 0.3) is 0 Å². The Morgan fingerprint density at radius 1 is 1.29 bits per heavy atom. The first-order valence-corrected chi connectivity index (χ1v) is 4.47. The van der Waals surface area contributed by atoms with Crippen LogP contribution in [0.15, 0.2) is 24.3 Å². The lowest BCUT2D eigenvalue weighted by Crippen LogP contribution is -2.16. The molecule has 2 rings (SSSR count). The summed E-state index contributed by atoms with van der Waals surface area (Å²) >= 11 is 0. The van der Waals surface area contributed by atoms with E-state index in [9.17, 15) is 18.0 Å². The molecule has 1 aromatic carbocycles. The monoisotopic (exact) mass is 245 g/mol. The van der Waals surface area contributed by atoms with Gasteiger partial charge in [0, 0.05) is 17.0 Å². The number of hydrogen-bond acceptors (Lipinski definition) is 2. The van der Waals surface area contributed by atoms with Crippen LogP contribution < -0.4 is 4.74 Å². The molecule has 0 aliphatic heterocycles. The summed E-state index contributed by atoms with van der Waals surface area (Å²) in [6.07, 6.45) is -4.77. The number of aromatic amines is 1. The Balaban J connectivity index is 2.40. The van der Waals surface area contributed by atoms with Crippen molar-refractivity contribution >= 4 is 16.9 Å². The van der Waals surface area contributed by atoms with Crippen molar-refractivity contribution in [1.29, 1.82) is 0 Å². The Hall–Kier alpha value is -2.18. The predicted octanol–water partition coefficient (Wildman–Crippen LogP) is 2.76. The van der Waals surface area contributed by atoms with Crippen LogP contribution in [0.3, 0.4) is 0 Å². The van der Waals surface area contributed by atoms with Crippen molar-refractivity contribution in [2.24, 2.45) is 0 Å². The van der Waals surface area contributed by atoms with Crippen LogP contribution in [0, 0.1) is 0 Å². The fourth-order valence-electron chi connectivity index (χ4n) is 1.42. The highest BCUT2D eigenvalue weighted by Gasteiger charge is 2.31. The summed E-state index contributed by atoms with van der Waals surface area (Å²) in [4.78, 5) is 13.1. The first kappa shape index (κ1) is 11.3. The van der Waals surface area contributed by atoms with Crippen LogP contribution in [0.5, 0.6) is 5.75 Å². The molecule has 1 aromatic heterocycles. The number of ether oxygens (including phenoxy) is 1. The zero-order valence-electron chi connectivity index (χ0n) is 8.21. The standard InChI is InChI=1S/C10H6F3NO3/c11-10(12,13)17-6-2-1-5-3-8(9(15)16)14-7(5)4-6/h1-4,14H,(H,15,16). The highest BCUT2D eigenvalue weighted by Crippen LogP contribution is 2.26. The molecule has 0 bridgehead atoms. The van der Waals surface area contributed by atoms with E-state index >= 15 is 0 Å². The molecule has 0 aliphatic rings. The van der Waals surface area contributed by atoms with Crippen molar-refractivity contribution < 1.29 is 27.8 Å². The van der Waals surface area contributed by atoms with E-state index in [1.54, 1.807) is 0 Å². The molecular formula is C10H6F3NO3. The van der Waals surface area contributed by atoms with Crippen LogP contribution in [0.4, 0.5) is 13.2 Å². The molecule has 1 heterocycles. The number of halogens is 3. The summed E-state index contributed by atoms with van der Waals surface area (Å²) in [5.41, 5.74) is 0.174. The smallest absolute Gasteiger partial charge is 0.477 e. The molecule has 2 N–H and O–H groups in total. The van der Waals surface area contributed by atoms with E-state index in [-0.39, 0.29) is 11.2 Å². The van der Waals surface area contributed by atoms with E-state index in [1.165, 1.54) is 12.1 Å². The number of nitrogens with one attached hydrogen (secondary N) is 1. The maximum absolute atomic E-state index is 11.9. The average Bonchev–Trinajstić information content (AvgIpc) is 2.57. The number of benzene rings is 1. The number of fused-ring (bicyclic) bond motifs is 1. The Labute approximate surface area is 92.6 Å². The molecule has 0 spiro atoms. The topological polar surface area (TPSA) is 62.3 Å². The lowest BCUT2D eigenvalue weighted by atomic mass is 10.2. The van der Waals surface area contributed by atoms with Crippen LogP contribution in [0.1, 0.15) is 10.5 Å². The van der Waals surface area contributed by atoms with Crippen LogP contribution >= 0.6 is 0 Å². The molecule has 0 unspecified atom stereocenters. The molecule has 17 heavy (non-hydrogen) atoms. The van der Waals surface area contributed by atoms with E-state index in [0.29, 0.717) is 5.39 Å². The van der Waals surface area contributed by atoms with Gasteiger partial charge in [-0.2, -0.15) is 0 Å². The van der Waals surface area contributed by atoms with Gasteiger partial charge in [0.15, 0.2) is 0 Å². The second-order valence-corrected chi connectivity index (χ2v) is 3.29. The molecule has 0 atom stereocenters. The normalized spacial score (nSPS) is 11.7. The third-order valence-corrected chi connectivity index (χ3v) is 2.06. The average molecular weight is 245 g/mol. The van der Waals surface area contributed by atoms with Gasteiger partial charge in [-0.1, -0.05) is 0 Å². The van der Waals surface area contributed by atoms with Crippen LogP contribution in [0.25, 0.3) is 10.9 Å². The second-order valence-electron chi connectivity index (χ2n) is 3.29. The summed E-state index contributed by atoms with van der Waals surface area (Å²) in [7, 11) is 0. The van der Waals surface area contributed by atoms with Crippen LogP contribution in [-0.2, 0) is 0 Å². The molecule has 0 radical (unpaired) electrons. The van der Waals surface area contributed by atoms with E-state index in [2.05, 4.69) is 9.72 Å². The highest BCUT2D eigenvalue weighted by molar-refractivity contribution is 5.94. The minimum absolute atomic E-state index is 0.0934. The number of carbonyl (C=O) groups is 1. The number of carboxylic acids is 1. The number of rotatable bonds is 2. The zero-order chi connectivity index (χ0) is 12.6. The van der Waals surface area contributed by atoms with Crippen LogP contribution in [-0.4, -0.2) is 22.4 Å². The molecule has 0 amide bonds. The minimum Gasteiger partial charge on any atom is -0.477 e. The first-order valence-electron chi connectivity index (χ1n) is 4.47. The largest absolute Gasteiger partial charge is 0.573 e. The summed E-state index contributed by atoms with van der Waals surface area (Å²) < 4.78 is 39.6. The Morgan fingerprint density at radius 3 is 2.59 bits per heavy atom. The van der Waals surface area contributed by atoms with Crippen molar-refractivity contribution in [2.45, 2.75) is 6.36 Å². The summed E-state index contributed by atoms with van der Waals surface area (Å²) in [5.74, 6) is -1.58. The number of alkyl halides is 3. The minimum atomic E-state index is -4.77. The van der Waals surface area contributed by atoms with Crippen molar-refractivity contribution in [1.82, 2.24) is 4.98 Å². The van der Waals surface area contributed by atoms with Crippen molar-refractivity contribution in [3.63, 3.8) is 0 Å². The van der Waals surface area contributed by atoms with E-state index in [0.717, 1.165) is 12.1 Å². The van der Waals surface area contributed by atoms with Gasteiger partial charge < -0.3 is 14.8 Å². The van der Waals surface area contributed by atoms with Gasteiger partial charge in [-0.15, -0.1) is 13.2 Å². The maximum atomic E-state index is 11.9. The molecule has 0 fully saturated rings. The number of H-pyrrole nitrogens is 1. The number of aromatic nitrogens is 1. The SMILES string of the molecule is O=C(O)c1cc2ccc(OC(F)(F)F)cc2[nH]1. The van der Waals surface area contributed by atoms with E-state index < -0.39 is 18.1 Å². The lowest BCUT2D eigenvalue weighted by molar-refractivity contribution is -0.274. The van der Waals surface area contributed by atoms with Crippen molar-refractivity contribution in [3.8, 4) is 5.75 Å². The summed E-state index contributed by atoms with van der Waals surface area (Å²) in [5, 5.41) is 9.20. The van der Waals surface area contributed by atoms with Crippen molar-refractivity contribution in [2.75, 3.05) is 0 Å². The van der Waals surface area contributed by atoms with Crippen LogP contribution in [0.2, 0.25) is 0 Å². The van der Waals surface area contributed by atoms with Gasteiger partial charge in [0.2, 0.25) is 0 Å². The summed E-state index contributed by atoms with van der Waals surface area (Å²) in [6.45, 7) is 0. The van der Waals surface area contributed by atoms with E-state index in [1.807, 2.05) is 0 Å². The molecule has 0 saturated carbocycles. The fourth-order valence-corrected chi connectivity index (χ4v) is 1.42. The molecular weight excluding hydrogens is 239 g/mol. The Morgan fingerprint density at radius 2 is 2.00 bits per heavy atom. The third kappa shape index (κ3) is 2.49.